The summed E-state index contributed by atoms with van der Waals surface area (Å²) >= 11 is 3.12. The number of benzene rings is 1. The Balaban J connectivity index is 1.41. The Morgan fingerprint density at radius 1 is 1.08 bits per heavy atom. The minimum atomic E-state index is -0.132. The van der Waals surface area contributed by atoms with Crippen molar-refractivity contribution in [1.82, 2.24) is 15.3 Å². The Morgan fingerprint density at radius 2 is 2.00 bits per heavy atom. The number of hydrogen-bond acceptors (Lipinski definition) is 5. The molecule has 0 unspecified atom stereocenters. The Morgan fingerprint density at radius 3 is 2.88 bits per heavy atom. The standard InChI is InChI=1S/C19H15N3OS2/c23-18(15-12-25-19(22-15)16-7-3-11-24-16)21-10-8-14-5-1-4-13-6-2-9-20-17(13)14/h1-7,9,11-12H,8,10H2,(H,21,23). The zero-order valence-electron chi connectivity index (χ0n) is 13.3. The van der Waals surface area contributed by atoms with Gasteiger partial charge in [-0.2, -0.15) is 0 Å². The average molecular weight is 365 g/mol. The number of carbonyl (C=O) groups excluding carboxylic acids is 1. The number of thiophene rings is 1. The number of carbonyl (C=O) groups is 1. The third-order valence-corrected chi connectivity index (χ3v) is 5.75. The second kappa shape index (κ2) is 7.13. The van der Waals surface area contributed by atoms with Crippen LogP contribution in [0.4, 0.5) is 0 Å². The van der Waals surface area contributed by atoms with Crippen LogP contribution in [-0.4, -0.2) is 22.4 Å². The molecule has 3 aromatic heterocycles. The van der Waals surface area contributed by atoms with Crippen LogP contribution in [0.3, 0.4) is 0 Å². The largest absolute Gasteiger partial charge is 0.350 e. The molecule has 1 aromatic carbocycles. The Labute approximate surface area is 153 Å². The number of rotatable bonds is 5. The summed E-state index contributed by atoms with van der Waals surface area (Å²) in [6, 6.07) is 14.1. The number of para-hydroxylation sites is 1. The van der Waals surface area contributed by atoms with E-state index in [1.807, 2.05) is 47.2 Å². The maximum atomic E-state index is 12.3. The zero-order valence-corrected chi connectivity index (χ0v) is 14.9. The highest BCUT2D eigenvalue weighted by atomic mass is 32.1. The van der Waals surface area contributed by atoms with E-state index in [1.54, 1.807) is 17.5 Å². The number of nitrogens with zero attached hydrogens (tertiary/aromatic N) is 2. The topological polar surface area (TPSA) is 54.9 Å². The molecule has 0 aliphatic carbocycles. The highest BCUT2D eigenvalue weighted by Crippen LogP contribution is 2.27. The predicted molar refractivity (Wildman–Crippen MR) is 103 cm³/mol. The van der Waals surface area contributed by atoms with Gasteiger partial charge in [-0.05, 0) is 29.5 Å². The van der Waals surface area contributed by atoms with Crippen LogP contribution in [0.2, 0.25) is 0 Å². The highest BCUT2D eigenvalue weighted by Gasteiger charge is 2.12. The molecule has 4 rings (SSSR count). The van der Waals surface area contributed by atoms with Crippen LogP contribution in [0, 0.1) is 0 Å². The van der Waals surface area contributed by atoms with E-state index in [4.69, 9.17) is 0 Å². The van der Waals surface area contributed by atoms with Gasteiger partial charge in [-0.1, -0.05) is 30.3 Å². The Kier molecular flexibility index (Phi) is 4.54. The number of amides is 1. The molecule has 6 heteroatoms. The predicted octanol–water partition coefficient (Wildman–Crippen LogP) is 4.39. The molecule has 4 aromatic rings. The molecule has 0 radical (unpaired) electrons. The summed E-state index contributed by atoms with van der Waals surface area (Å²) in [5, 5.41) is 8.77. The fraction of sp³-hybridized carbons (Fsp3) is 0.105. The molecular formula is C19H15N3OS2. The summed E-state index contributed by atoms with van der Waals surface area (Å²) < 4.78 is 0. The van der Waals surface area contributed by atoms with Gasteiger partial charge in [0, 0.05) is 23.5 Å². The van der Waals surface area contributed by atoms with E-state index >= 15 is 0 Å². The first kappa shape index (κ1) is 15.9. The van der Waals surface area contributed by atoms with Crippen molar-refractivity contribution in [2.45, 2.75) is 6.42 Å². The third kappa shape index (κ3) is 3.45. The lowest BCUT2D eigenvalue weighted by Crippen LogP contribution is -2.26. The molecule has 0 atom stereocenters. The van der Waals surface area contributed by atoms with Gasteiger partial charge in [0.2, 0.25) is 0 Å². The van der Waals surface area contributed by atoms with Gasteiger partial charge in [0.1, 0.15) is 10.7 Å². The first-order chi connectivity index (χ1) is 12.3. The van der Waals surface area contributed by atoms with Crippen LogP contribution >= 0.6 is 22.7 Å². The van der Waals surface area contributed by atoms with Crippen molar-refractivity contribution >= 4 is 39.5 Å². The molecule has 25 heavy (non-hydrogen) atoms. The Hall–Kier alpha value is -2.57. The maximum absolute atomic E-state index is 12.3. The molecule has 0 spiro atoms. The second-order valence-corrected chi connectivity index (χ2v) is 7.32. The highest BCUT2D eigenvalue weighted by molar-refractivity contribution is 7.20. The third-order valence-electron chi connectivity index (χ3n) is 3.86. The van der Waals surface area contributed by atoms with E-state index in [0.717, 1.165) is 32.8 Å². The van der Waals surface area contributed by atoms with Crippen LogP contribution in [-0.2, 0) is 6.42 Å². The van der Waals surface area contributed by atoms with Gasteiger partial charge < -0.3 is 5.32 Å². The molecule has 124 valence electrons. The number of hydrogen-bond donors (Lipinski definition) is 1. The van der Waals surface area contributed by atoms with Crippen molar-refractivity contribution in [1.29, 1.82) is 0 Å². The maximum Gasteiger partial charge on any atom is 0.270 e. The van der Waals surface area contributed by atoms with Gasteiger partial charge in [-0.25, -0.2) is 4.98 Å². The number of thiazole rings is 1. The molecule has 0 aliphatic heterocycles. The number of nitrogens with one attached hydrogen (secondary N) is 1. The number of aromatic nitrogens is 2. The van der Waals surface area contributed by atoms with Crippen LogP contribution < -0.4 is 5.32 Å². The van der Waals surface area contributed by atoms with Crippen molar-refractivity contribution in [3.8, 4) is 9.88 Å². The van der Waals surface area contributed by atoms with Gasteiger partial charge in [-0.15, -0.1) is 22.7 Å². The van der Waals surface area contributed by atoms with Crippen LogP contribution in [0.5, 0.6) is 0 Å². The summed E-state index contributed by atoms with van der Waals surface area (Å²) in [7, 11) is 0. The van der Waals surface area contributed by atoms with E-state index in [0.29, 0.717) is 12.2 Å². The van der Waals surface area contributed by atoms with E-state index in [-0.39, 0.29) is 5.91 Å². The summed E-state index contributed by atoms with van der Waals surface area (Å²) in [4.78, 5) is 22.3. The molecule has 4 nitrogen and oxygen atoms in total. The van der Waals surface area contributed by atoms with Crippen LogP contribution in [0.1, 0.15) is 16.1 Å². The molecule has 3 heterocycles. The molecular weight excluding hydrogens is 350 g/mol. The minimum Gasteiger partial charge on any atom is -0.350 e. The fourth-order valence-corrected chi connectivity index (χ4v) is 4.28. The molecule has 0 bridgehead atoms. The zero-order chi connectivity index (χ0) is 17.1. The molecule has 0 fully saturated rings. The van der Waals surface area contributed by atoms with Crippen molar-refractivity contribution in [3.05, 3.63) is 70.7 Å². The van der Waals surface area contributed by atoms with E-state index in [9.17, 15) is 4.79 Å². The van der Waals surface area contributed by atoms with Crippen molar-refractivity contribution in [2.75, 3.05) is 6.54 Å². The smallest absolute Gasteiger partial charge is 0.270 e. The summed E-state index contributed by atoms with van der Waals surface area (Å²) in [5.74, 6) is -0.132. The lowest BCUT2D eigenvalue weighted by atomic mass is 10.1. The van der Waals surface area contributed by atoms with E-state index < -0.39 is 0 Å². The monoisotopic (exact) mass is 365 g/mol. The lowest BCUT2D eigenvalue weighted by molar-refractivity contribution is 0.0950. The number of pyridine rings is 1. The van der Waals surface area contributed by atoms with Gasteiger partial charge in [-0.3, -0.25) is 9.78 Å². The molecule has 0 saturated heterocycles. The average Bonchev–Trinajstić information content (AvgIpc) is 3.33. The normalized spacial score (nSPS) is 10.9. The van der Waals surface area contributed by atoms with Gasteiger partial charge in [0.15, 0.2) is 0 Å². The van der Waals surface area contributed by atoms with Crippen molar-refractivity contribution in [2.24, 2.45) is 0 Å². The van der Waals surface area contributed by atoms with Gasteiger partial charge >= 0.3 is 0 Å². The SMILES string of the molecule is O=C(NCCc1cccc2cccnc12)c1csc(-c2cccs2)n1. The van der Waals surface area contributed by atoms with Crippen LogP contribution in [0.25, 0.3) is 20.8 Å². The van der Waals surface area contributed by atoms with Gasteiger partial charge in [0.05, 0.1) is 10.4 Å². The van der Waals surface area contributed by atoms with Crippen molar-refractivity contribution in [3.63, 3.8) is 0 Å². The molecule has 0 aliphatic rings. The lowest BCUT2D eigenvalue weighted by Gasteiger charge is -2.06. The summed E-state index contributed by atoms with van der Waals surface area (Å²) in [6.07, 6.45) is 2.54. The van der Waals surface area contributed by atoms with Gasteiger partial charge in [0.25, 0.3) is 5.91 Å². The minimum absolute atomic E-state index is 0.132. The summed E-state index contributed by atoms with van der Waals surface area (Å²) in [6.45, 7) is 0.556. The quantitative estimate of drug-likeness (QED) is 0.570. The summed E-state index contributed by atoms with van der Waals surface area (Å²) in [5.41, 5.74) is 2.60. The first-order valence-corrected chi connectivity index (χ1v) is 9.67. The molecule has 1 N–H and O–H groups in total. The number of fused-ring (bicyclic) bond motifs is 1. The van der Waals surface area contributed by atoms with Crippen LogP contribution in [0.15, 0.2) is 59.4 Å². The molecule has 1 amide bonds. The second-order valence-electron chi connectivity index (χ2n) is 5.51. The Bertz CT molecular complexity index is 1000. The van der Waals surface area contributed by atoms with E-state index in [2.05, 4.69) is 21.4 Å². The van der Waals surface area contributed by atoms with Crippen molar-refractivity contribution < 1.29 is 4.79 Å². The first-order valence-electron chi connectivity index (χ1n) is 7.91. The molecule has 0 saturated carbocycles. The fourth-order valence-electron chi connectivity index (χ4n) is 2.66. The van der Waals surface area contributed by atoms with E-state index in [1.165, 1.54) is 11.3 Å².